The Balaban J connectivity index is 2.45. The first-order valence-corrected chi connectivity index (χ1v) is 6.44. The number of anilines is 1. The van der Waals surface area contributed by atoms with Crippen molar-refractivity contribution in [3.8, 4) is 0 Å². The van der Waals surface area contributed by atoms with Crippen molar-refractivity contribution >= 4 is 17.3 Å². The summed E-state index contributed by atoms with van der Waals surface area (Å²) in [7, 11) is 0. The van der Waals surface area contributed by atoms with Gasteiger partial charge in [0.15, 0.2) is 0 Å². The molecular formula is C13H16N2O5. The van der Waals surface area contributed by atoms with E-state index in [4.69, 9.17) is 10.2 Å². The molecular weight excluding hydrogens is 264 g/mol. The average molecular weight is 280 g/mol. The largest absolute Gasteiger partial charge is 0.478 e. The van der Waals surface area contributed by atoms with Crippen LogP contribution in [0, 0.1) is 10.1 Å². The minimum atomic E-state index is -1.13. The van der Waals surface area contributed by atoms with E-state index < -0.39 is 10.9 Å². The Morgan fingerprint density at radius 1 is 1.45 bits per heavy atom. The lowest BCUT2D eigenvalue weighted by atomic mass is 9.90. The van der Waals surface area contributed by atoms with Gasteiger partial charge in [-0.05, 0) is 31.4 Å². The van der Waals surface area contributed by atoms with Crippen molar-refractivity contribution in [2.24, 2.45) is 0 Å². The van der Waals surface area contributed by atoms with E-state index >= 15 is 0 Å². The zero-order chi connectivity index (χ0) is 14.7. The highest BCUT2D eigenvalue weighted by Crippen LogP contribution is 2.35. The highest BCUT2D eigenvalue weighted by molar-refractivity contribution is 5.90. The summed E-state index contributed by atoms with van der Waals surface area (Å²) in [4.78, 5) is 23.4. The molecule has 0 bridgehead atoms. The van der Waals surface area contributed by atoms with Gasteiger partial charge < -0.3 is 15.1 Å². The zero-order valence-corrected chi connectivity index (χ0v) is 10.9. The van der Waals surface area contributed by atoms with Gasteiger partial charge >= 0.3 is 5.97 Å². The summed E-state index contributed by atoms with van der Waals surface area (Å²) in [5.41, 5.74) is 0.150. The number of nitro groups is 1. The minimum absolute atomic E-state index is 0.00728. The molecule has 1 aromatic rings. The Bertz CT molecular complexity index is 527. The summed E-state index contributed by atoms with van der Waals surface area (Å²) in [6, 6.07) is 3.88. The van der Waals surface area contributed by atoms with E-state index in [-0.39, 0.29) is 36.1 Å². The summed E-state index contributed by atoms with van der Waals surface area (Å²) in [5.74, 6) is -1.13. The number of nitrogens with zero attached hydrogens (tertiary/aromatic N) is 2. The summed E-state index contributed by atoms with van der Waals surface area (Å²) in [5, 5.41) is 29.3. The number of hydrogen-bond donors (Lipinski definition) is 2. The van der Waals surface area contributed by atoms with Crippen LogP contribution in [0.4, 0.5) is 11.4 Å². The first kappa shape index (κ1) is 14.3. The Hall–Kier alpha value is -2.15. The summed E-state index contributed by atoms with van der Waals surface area (Å²) in [6.45, 7) is 0.125. The Morgan fingerprint density at radius 2 is 2.15 bits per heavy atom. The van der Waals surface area contributed by atoms with Crippen LogP contribution >= 0.6 is 0 Å². The monoisotopic (exact) mass is 280 g/mol. The third-order valence-corrected chi connectivity index (χ3v) is 3.58. The number of carbonyl (C=O) groups is 1. The maximum Gasteiger partial charge on any atom is 0.335 e. The van der Waals surface area contributed by atoms with Crippen molar-refractivity contribution in [1.29, 1.82) is 0 Å². The molecule has 2 rings (SSSR count). The first-order chi connectivity index (χ1) is 9.54. The van der Waals surface area contributed by atoms with E-state index in [0.29, 0.717) is 0 Å². The van der Waals surface area contributed by atoms with Crippen molar-refractivity contribution in [1.82, 2.24) is 0 Å². The molecule has 1 saturated carbocycles. The molecule has 2 N–H and O–H groups in total. The molecule has 0 spiro atoms. The van der Waals surface area contributed by atoms with Crippen LogP contribution in [0.3, 0.4) is 0 Å². The lowest BCUT2D eigenvalue weighted by Gasteiger charge is -2.38. The van der Waals surface area contributed by atoms with E-state index in [1.54, 1.807) is 4.90 Å². The van der Waals surface area contributed by atoms with E-state index in [9.17, 15) is 14.9 Å². The number of aliphatic hydroxyl groups excluding tert-OH is 1. The number of carboxylic acid groups (broad SMARTS) is 1. The highest BCUT2D eigenvalue weighted by Gasteiger charge is 2.30. The fraction of sp³-hybridized carbons (Fsp3) is 0.462. The quantitative estimate of drug-likeness (QED) is 0.606. The number of nitro benzene ring substituents is 1. The van der Waals surface area contributed by atoms with Gasteiger partial charge in [-0.1, -0.05) is 0 Å². The molecule has 0 saturated heterocycles. The number of carboxylic acids is 1. The van der Waals surface area contributed by atoms with E-state index in [1.807, 2.05) is 0 Å². The Kier molecular flexibility index (Phi) is 4.19. The molecule has 108 valence electrons. The maximum atomic E-state index is 11.1. The topological polar surface area (TPSA) is 104 Å². The molecule has 0 aromatic heterocycles. The van der Waals surface area contributed by atoms with Crippen LogP contribution in [-0.4, -0.2) is 40.3 Å². The van der Waals surface area contributed by atoms with E-state index in [2.05, 4.69) is 0 Å². The lowest BCUT2D eigenvalue weighted by molar-refractivity contribution is -0.384. The predicted molar refractivity (Wildman–Crippen MR) is 72.1 cm³/mol. The van der Waals surface area contributed by atoms with E-state index in [1.165, 1.54) is 18.2 Å². The first-order valence-electron chi connectivity index (χ1n) is 6.44. The number of aromatic carboxylic acids is 1. The Morgan fingerprint density at radius 3 is 2.60 bits per heavy atom. The minimum Gasteiger partial charge on any atom is -0.478 e. The van der Waals surface area contributed by atoms with Gasteiger partial charge in [0.1, 0.15) is 5.69 Å². The van der Waals surface area contributed by atoms with Crippen molar-refractivity contribution in [2.45, 2.75) is 25.3 Å². The average Bonchev–Trinajstić information content (AvgIpc) is 2.35. The molecule has 0 heterocycles. The van der Waals surface area contributed by atoms with Crippen LogP contribution in [0.2, 0.25) is 0 Å². The Labute approximate surface area is 115 Å². The van der Waals surface area contributed by atoms with Gasteiger partial charge in [0.25, 0.3) is 5.69 Å². The molecule has 1 aromatic carbocycles. The lowest BCUT2D eigenvalue weighted by Crippen LogP contribution is -2.42. The summed E-state index contributed by atoms with van der Waals surface area (Å²) >= 11 is 0. The number of benzene rings is 1. The van der Waals surface area contributed by atoms with Crippen LogP contribution in [0.1, 0.15) is 29.6 Å². The van der Waals surface area contributed by atoms with Gasteiger partial charge in [-0.3, -0.25) is 10.1 Å². The zero-order valence-electron chi connectivity index (χ0n) is 10.9. The van der Waals surface area contributed by atoms with Crippen molar-refractivity contribution < 1.29 is 19.9 Å². The number of hydrogen-bond acceptors (Lipinski definition) is 5. The smallest absolute Gasteiger partial charge is 0.335 e. The number of aliphatic hydroxyl groups is 1. The third kappa shape index (κ3) is 2.72. The molecule has 0 atom stereocenters. The second-order valence-electron chi connectivity index (χ2n) is 4.77. The fourth-order valence-corrected chi connectivity index (χ4v) is 2.35. The van der Waals surface area contributed by atoms with Crippen LogP contribution in [-0.2, 0) is 0 Å². The molecule has 0 aliphatic heterocycles. The van der Waals surface area contributed by atoms with Crippen LogP contribution in [0.25, 0.3) is 0 Å². The fourth-order valence-electron chi connectivity index (χ4n) is 2.35. The second kappa shape index (κ2) is 5.87. The molecule has 1 aliphatic rings. The van der Waals surface area contributed by atoms with Gasteiger partial charge in [-0.25, -0.2) is 4.79 Å². The molecule has 0 radical (unpaired) electrons. The maximum absolute atomic E-state index is 11.1. The molecule has 1 fully saturated rings. The standard InChI is InChI=1S/C13H16N2O5/c16-7-6-14(10-2-1-3-10)12-8-9(13(17)18)4-5-11(12)15(19)20/h4-5,8,10,16H,1-3,6-7H2,(H,17,18). The van der Waals surface area contributed by atoms with Gasteiger partial charge in [0, 0.05) is 18.7 Å². The van der Waals surface area contributed by atoms with Crippen LogP contribution in [0.5, 0.6) is 0 Å². The summed E-state index contributed by atoms with van der Waals surface area (Å²) in [6.07, 6.45) is 2.84. The molecule has 0 unspecified atom stereocenters. The van der Waals surface area contributed by atoms with Crippen LogP contribution < -0.4 is 4.90 Å². The normalized spacial score (nSPS) is 14.7. The molecule has 20 heavy (non-hydrogen) atoms. The summed E-state index contributed by atoms with van der Waals surface area (Å²) < 4.78 is 0. The van der Waals surface area contributed by atoms with Crippen molar-refractivity contribution in [3.63, 3.8) is 0 Å². The van der Waals surface area contributed by atoms with Crippen molar-refractivity contribution in [2.75, 3.05) is 18.1 Å². The molecule has 0 amide bonds. The third-order valence-electron chi connectivity index (χ3n) is 3.58. The van der Waals surface area contributed by atoms with Crippen LogP contribution in [0.15, 0.2) is 18.2 Å². The second-order valence-corrected chi connectivity index (χ2v) is 4.77. The molecule has 7 nitrogen and oxygen atoms in total. The van der Waals surface area contributed by atoms with Gasteiger partial charge in [0.05, 0.1) is 17.1 Å². The van der Waals surface area contributed by atoms with Gasteiger partial charge in [0.2, 0.25) is 0 Å². The van der Waals surface area contributed by atoms with Gasteiger partial charge in [-0.2, -0.15) is 0 Å². The van der Waals surface area contributed by atoms with E-state index in [0.717, 1.165) is 19.3 Å². The SMILES string of the molecule is O=C(O)c1ccc([N+](=O)[O-])c(N(CCO)C2CCC2)c1. The van der Waals surface area contributed by atoms with Gasteiger partial charge in [-0.15, -0.1) is 0 Å². The number of rotatable bonds is 6. The highest BCUT2D eigenvalue weighted by atomic mass is 16.6. The van der Waals surface area contributed by atoms with Crippen molar-refractivity contribution in [3.05, 3.63) is 33.9 Å². The molecule has 1 aliphatic carbocycles. The molecule has 7 heteroatoms. The predicted octanol–water partition coefficient (Wildman–Crippen LogP) is 1.64.